The van der Waals surface area contributed by atoms with Crippen molar-refractivity contribution in [2.45, 2.75) is 24.9 Å². The lowest BCUT2D eigenvalue weighted by molar-refractivity contribution is -0.137. The normalized spacial score (nSPS) is 12.7. The summed E-state index contributed by atoms with van der Waals surface area (Å²) in [7, 11) is -4.14. The number of carbonyl (C=O) groups is 1. The minimum atomic E-state index is -4.63. The lowest BCUT2D eigenvalue weighted by Gasteiger charge is -2.10. The van der Waals surface area contributed by atoms with Gasteiger partial charge in [0.05, 0.1) is 17.0 Å². The second-order valence-corrected chi connectivity index (χ2v) is 6.24. The van der Waals surface area contributed by atoms with E-state index in [2.05, 4.69) is 0 Å². The molecule has 0 bridgehead atoms. The minimum Gasteiger partial charge on any atom is -0.298 e. The molecule has 0 heterocycles. The molecule has 1 N–H and O–H groups in total. The van der Waals surface area contributed by atoms with Crippen molar-refractivity contribution in [1.82, 2.24) is 4.72 Å². The van der Waals surface area contributed by atoms with Crippen LogP contribution in [0.1, 0.15) is 19.4 Å². The van der Waals surface area contributed by atoms with Crippen LogP contribution in [0.4, 0.5) is 13.2 Å². The highest BCUT2D eigenvalue weighted by atomic mass is 32.2. The molecule has 4 nitrogen and oxygen atoms in total. The number of carbonyl (C=O) groups excluding carboxylic acids is 1. The summed E-state index contributed by atoms with van der Waals surface area (Å²) in [5.74, 6) is -0.709. The molecule has 0 radical (unpaired) electrons. The number of nitrogens with one attached hydrogen (secondary N) is 1. The Labute approximate surface area is 115 Å². The van der Waals surface area contributed by atoms with Gasteiger partial charge in [0.2, 0.25) is 10.0 Å². The van der Waals surface area contributed by atoms with E-state index in [0.29, 0.717) is 6.07 Å². The number of ketones is 1. The summed E-state index contributed by atoms with van der Waals surface area (Å²) in [5, 5.41) is 0. The van der Waals surface area contributed by atoms with Crippen LogP contribution in [0.5, 0.6) is 0 Å². The van der Waals surface area contributed by atoms with Gasteiger partial charge in [-0.2, -0.15) is 13.2 Å². The molecule has 1 rings (SSSR count). The van der Waals surface area contributed by atoms with Crippen molar-refractivity contribution in [2.24, 2.45) is 5.92 Å². The van der Waals surface area contributed by atoms with E-state index in [1.807, 2.05) is 4.72 Å². The van der Waals surface area contributed by atoms with E-state index in [4.69, 9.17) is 0 Å². The number of Topliss-reactive ketones (excluding diaryl/α,β-unsaturated/α-hetero) is 1. The Morgan fingerprint density at radius 2 is 1.90 bits per heavy atom. The van der Waals surface area contributed by atoms with E-state index < -0.39 is 33.2 Å². The maximum absolute atomic E-state index is 12.5. The van der Waals surface area contributed by atoms with Gasteiger partial charge in [-0.15, -0.1) is 0 Å². The molecule has 0 amide bonds. The van der Waals surface area contributed by atoms with Crippen LogP contribution in [-0.2, 0) is 21.0 Å². The fourth-order valence-corrected chi connectivity index (χ4v) is 2.33. The maximum Gasteiger partial charge on any atom is 0.416 e. The first-order valence-electron chi connectivity index (χ1n) is 5.73. The summed E-state index contributed by atoms with van der Waals surface area (Å²) in [6.45, 7) is 2.75. The number of benzene rings is 1. The second-order valence-electron chi connectivity index (χ2n) is 4.47. The van der Waals surface area contributed by atoms with Crippen molar-refractivity contribution in [1.29, 1.82) is 0 Å². The van der Waals surface area contributed by atoms with Crippen molar-refractivity contribution in [3.05, 3.63) is 29.8 Å². The topological polar surface area (TPSA) is 63.2 Å². The monoisotopic (exact) mass is 309 g/mol. The SMILES string of the molecule is CC(C)C(=O)CNS(=O)(=O)c1cccc(C(F)(F)F)c1. The lowest BCUT2D eigenvalue weighted by atomic mass is 10.1. The zero-order valence-corrected chi connectivity index (χ0v) is 11.7. The first kappa shape index (κ1) is 16.6. The molecule has 0 saturated heterocycles. The van der Waals surface area contributed by atoms with Gasteiger partial charge in [-0.25, -0.2) is 13.1 Å². The number of hydrogen-bond donors (Lipinski definition) is 1. The number of alkyl halides is 3. The Kier molecular flexibility index (Phi) is 4.93. The van der Waals surface area contributed by atoms with Crippen LogP contribution >= 0.6 is 0 Å². The van der Waals surface area contributed by atoms with Crippen LogP contribution in [0, 0.1) is 5.92 Å². The molecule has 0 spiro atoms. The number of sulfonamides is 1. The Morgan fingerprint density at radius 3 is 2.40 bits per heavy atom. The van der Waals surface area contributed by atoms with Crippen molar-refractivity contribution in [3.63, 3.8) is 0 Å². The van der Waals surface area contributed by atoms with E-state index in [-0.39, 0.29) is 11.7 Å². The molecule has 0 atom stereocenters. The van der Waals surface area contributed by atoms with Crippen LogP contribution in [0.15, 0.2) is 29.2 Å². The third kappa shape index (κ3) is 4.31. The molecule has 8 heteroatoms. The first-order chi connectivity index (χ1) is 9.04. The molecule has 0 aliphatic heterocycles. The summed E-state index contributed by atoms with van der Waals surface area (Å²) in [6, 6.07) is 3.35. The van der Waals surface area contributed by atoms with Gasteiger partial charge in [0.1, 0.15) is 5.78 Å². The fraction of sp³-hybridized carbons (Fsp3) is 0.417. The fourth-order valence-electron chi connectivity index (χ4n) is 1.29. The third-order valence-corrected chi connectivity index (χ3v) is 3.95. The molecule has 0 fully saturated rings. The summed E-state index contributed by atoms with van der Waals surface area (Å²) >= 11 is 0. The first-order valence-corrected chi connectivity index (χ1v) is 7.22. The Bertz CT molecular complexity index is 594. The number of rotatable bonds is 5. The van der Waals surface area contributed by atoms with Gasteiger partial charge in [-0.3, -0.25) is 4.79 Å². The predicted molar refractivity (Wildman–Crippen MR) is 66.5 cm³/mol. The van der Waals surface area contributed by atoms with Crippen LogP contribution in [0.25, 0.3) is 0 Å². The molecule has 1 aromatic carbocycles. The van der Waals surface area contributed by atoms with Crippen LogP contribution in [0.2, 0.25) is 0 Å². The quantitative estimate of drug-likeness (QED) is 0.907. The van der Waals surface area contributed by atoms with Gasteiger partial charge in [0.15, 0.2) is 0 Å². The molecule has 0 aliphatic rings. The molecule has 0 unspecified atom stereocenters. The van der Waals surface area contributed by atoms with Crippen LogP contribution in [0.3, 0.4) is 0 Å². The highest BCUT2D eigenvalue weighted by Crippen LogP contribution is 2.30. The molecule has 0 aromatic heterocycles. The maximum atomic E-state index is 12.5. The van der Waals surface area contributed by atoms with Gasteiger partial charge >= 0.3 is 6.18 Å². The lowest BCUT2D eigenvalue weighted by Crippen LogP contribution is -2.31. The van der Waals surface area contributed by atoms with Crippen molar-refractivity contribution in [3.8, 4) is 0 Å². The molecule has 20 heavy (non-hydrogen) atoms. The van der Waals surface area contributed by atoms with E-state index >= 15 is 0 Å². The largest absolute Gasteiger partial charge is 0.416 e. The molecule has 0 saturated carbocycles. The average Bonchev–Trinajstić information content (AvgIpc) is 2.35. The Hall–Kier alpha value is -1.41. The van der Waals surface area contributed by atoms with E-state index in [1.165, 1.54) is 0 Å². The van der Waals surface area contributed by atoms with Gasteiger partial charge in [-0.05, 0) is 18.2 Å². The highest BCUT2D eigenvalue weighted by molar-refractivity contribution is 7.89. The molecule has 112 valence electrons. The summed E-state index contributed by atoms with van der Waals surface area (Å²) in [4.78, 5) is 10.8. The molecule has 1 aromatic rings. The second kappa shape index (κ2) is 5.92. The van der Waals surface area contributed by atoms with Crippen molar-refractivity contribution < 1.29 is 26.4 Å². The molecular weight excluding hydrogens is 295 g/mol. The summed E-state index contributed by atoms with van der Waals surface area (Å²) in [5.41, 5.74) is -1.06. The van der Waals surface area contributed by atoms with Crippen molar-refractivity contribution in [2.75, 3.05) is 6.54 Å². The number of hydrogen-bond acceptors (Lipinski definition) is 3. The standard InChI is InChI=1S/C12H14F3NO3S/c1-8(2)11(17)7-16-20(18,19)10-5-3-4-9(6-10)12(13,14)15/h3-6,8,16H,7H2,1-2H3. The van der Waals surface area contributed by atoms with Crippen molar-refractivity contribution >= 4 is 15.8 Å². The van der Waals surface area contributed by atoms with Gasteiger partial charge in [0.25, 0.3) is 0 Å². The third-order valence-electron chi connectivity index (χ3n) is 2.55. The minimum absolute atomic E-state index is 0.347. The average molecular weight is 309 g/mol. The van der Waals surface area contributed by atoms with Crippen LogP contribution < -0.4 is 4.72 Å². The van der Waals surface area contributed by atoms with E-state index in [0.717, 1.165) is 18.2 Å². The zero-order valence-electron chi connectivity index (χ0n) is 10.9. The summed E-state index contributed by atoms with van der Waals surface area (Å²) in [6.07, 6.45) is -4.63. The van der Waals surface area contributed by atoms with E-state index in [9.17, 15) is 26.4 Å². The number of halogens is 3. The van der Waals surface area contributed by atoms with E-state index in [1.54, 1.807) is 13.8 Å². The Balaban J connectivity index is 2.96. The van der Waals surface area contributed by atoms with Crippen LogP contribution in [-0.4, -0.2) is 20.7 Å². The van der Waals surface area contributed by atoms with Gasteiger partial charge in [0, 0.05) is 5.92 Å². The van der Waals surface area contributed by atoms with Gasteiger partial charge < -0.3 is 0 Å². The predicted octanol–water partition coefficient (Wildman–Crippen LogP) is 2.21. The molecular formula is C12H14F3NO3S. The summed E-state index contributed by atoms with van der Waals surface area (Å²) < 4.78 is 63.1. The molecule has 0 aliphatic carbocycles. The van der Waals surface area contributed by atoms with Gasteiger partial charge in [-0.1, -0.05) is 19.9 Å². The zero-order chi connectivity index (χ0) is 15.6. The Morgan fingerprint density at radius 1 is 1.30 bits per heavy atom. The smallest absolute Gasteiger partial charge is 0.298 e. The highest BCUT2D eigenvalue weighted by Gasteiger charge is 2.31.